The third-order valence-electron chi connectivity index (χ3n) is 2.08. The third-order valence-corrected chi connectivity index (χ3v) is 3.35. The molecule has 0 N–H and O–H groups in total. The Morgan fingerprint density at radius 3 is 1.74 bits per heavy atom. The van der Waals surface area contributed by atoms with Crippen LogP contribution in [0.2, 0.25) is 0 Å². The van der Waals surface area contributed by atoms with Gasteiger partial charge >= 0.3 is 12.1 Å². The van der Waals surface area contributed by atoms with Crippen LogP contribution in [-0.4, -0.2) is 49.3 Å². The highest BCUT2D eigenvalue weighted by Crippen LogP contribution is 2.23. The van der Waals surface area contributed by atoms with E-state index in [1.807, 2.05) is 0 Å². The number of sulfonamides is 1. The zero-order valence-corrected chi connectivity index (χ0v) is 13.1. The molecule has 0 rings (SSSR count). The van der Waals surface area contributed by atoms with Crippen molar-refractivity contribution >= 4 is 22.1 Å². The summed E-state index contributed by atoms with van der Waals surface area (Å²) in [7, 11) is -2.88. The van der Waals surface area contributed by atoms with Crippen LogP contribution < -0.4 is 0 Å². The summed E-state index contributed by atoms with van der Waals surface area (Å²) in [4.78, 5) is 23.6. The number of methoxy groups -OCH3 is 1. The van der Waals surface area contributed by atoms with Crippen LogP contribution in [0.1, 0.15) is 34.6 Å². The molecule has 0 saturated heterocycles. The molecule has 0 fully saturated rings. The van der Waals surface area contributed by atoms with E-state index in [1.165, 1.54) is 13.8 Å². The molecule has 0 radical (unpaired) electrons. The van der Waals surface area contributed by atoms with Crippen LogP contribution in [0.25, 0.3) is 0 Å². The Hall–Kier alpha value is -1.31. The first-order valence-corrected chi connectivity index (χ1v) is 7.40. The van der Waals surface area contributed by atoms with Crippen molar-refractivity contribution in [1.29, 1.82) is 0 Å². The Bertz CT molecular complexity index is 460. The van der Waals surface area contributed by atoms with Crippen molar-refractivity contribution in [1.82, 2.24) is 4.31 Å². The van der Waals surface area contributed by atoms with Gasteiger partial charge in [0.2, 0.25) is 10.0 Å². The fourth-order valence-electron chi connectivity index (χ4n) is 1.41. The lowest BCUT2D eigenvalue weighted by molar-refractivity contribution is -0.150. The molecule has 7 nitrogen and oxygen atoms in total. The van der Waals surface area contributed by atoms with E-state index in [0.717, 1.165) is 13.4 Å². The molecule has 0 spiro atoms. The normalized spacial score (nSPS) is 12.8. The second kappa shape index (κ2) is 5.36. The summed E-state index contributed by atoms with van der Waals surface area (Å²) in [6, 6.07) is 0. The highest BCUT2D eigenvalue weighted by atomic mass is 32.2. The molecule has 0 aliphatic carbocycles. The predicted octanol–water partition coefficient (Wildman–Crippen LogP) is 1.13. The lowest BCUT2D eigenvalue weighted by Crippen LogP contribution is -2.56. The minimum absolute atomic E-state index is 0.386. The zero-order chi connectivity index (χ0) is 15.6. The van der Waals surface area contributed by atoms with Gasteiger partial charge in [-0.15, -0.1) is 0 Å². The maximum atomic E-state index is 12.0. The van der Waals surface area contributed by atoms with Gasteiger partial charge < -0.3 is 9.47 Å². The SMILES string of the molecule is COC(=O)C(C)(C)N(C(=O)OC(C)(C)C)S(C)(=O)=O. The quantitative estimate of drug-likeness (QED) is 0.725. The molecule has 0 heterocycles. The molecule has 0 aliphatic heterocycles. The molecular weight excluding hydrogens is 274 g/mol. The summed E-state index contributed by atoms with van der Waals surface area (Å²) in [5.74, 6) is -0.858. The Kier molecular flexibility index (Phi) is 4.99. The van der Waals surface area contributed by atoms with Gasteiger partial charge in [-0.1, -0.05) is 0 Å². The van der Waals surface area contributed by atoms with Crippen molar-refractivity contribution in [3.05, 3.63) is 0 Å². The highest BCUT2D eigenvalue weighted by Gasteiger charge is 2.46. The number of carbonyl (C=O) groups is 2. The molecule has 0 unspecified atom stereocenters. The number of nitrogens with zero attached hydrogens (tertiary/aromatic N) is 1. The summed E-state index contributed by atoms with van der Waals surface area (Å²) in [6.45, 7) is 7.32. The summed E-state index contributed by atoms with van der Waals surface area (Å²) in [5.41, 5.74) is -2.57. The largest absolute Gasteiger partial charge is 0.467 e. The number of ether oxygens (including phenoxy) is 2. The van der Waals surface area contributed by atoms with Crippen molar-refractivity contribution in [2.45, 2.75) is 45.8 Å². The first-order chi connectivity index (χ1) is 8.23. The third kappa shape index (κ3) is 4.70. The van der Waals surface area contributed by atoms with Crippen molar-refractivity contribution in [2.24, 2.45) is 0 Å². The second-order valence-corrected chi connectivity index (χ2v) is 7.39. The molecule has 1 amide bonds. The van der Waals surface area contributed by atoms with Gasteiger partial charge in [-0.3, -0.25) is 0 Å². The van der Waals surface area contributed by atoms with Gasteiger partial charge in [0.1, 0.15) is 5.60 Å². The van der Waals surface area contributed by atoms with E-state index in [4.69, 9.17) is 4.74 Å². The fourth-order valence-corrected chi connectivity index (χ4v) is 2.63. The van der Waals surface area contributed by atoms with Crippen LogP contribution in [0, 0.1) is 0 Å². The number of amides is 1. The predicted molar refractivity (Wildman–Crippen MR) is 69.0 cm³/mol. The van der Waals surface area contributed by atoms with E-state index in [-0.39, 0.29) is 0 Å². The molecule has 8 heteroatoms. The molecule has 0 aromatic heterocycles. The molecule has 0 aromatic carbocycles. The number of esters is 1. The van der Waals surface area contributed by atoms with E-state index in [2.05, 4.69) is 4.74 Å². The van der Waals surface area contributed by atoms with Gasteiger partial charge in [-0.2, -0.15) is 4.31 Å². The number of carbonyl (C=O) groups excluding carboxylic acids is 2. The van der Waals surface area contributed by atoms with E-state index in [0.29, 0.717) is 4.31 Å². The van der Waals surface area contributed by atoms with Gasteiger partial charge in [-0.05, 0) is 34.6 Å². The number of hydrogen-bond donors (Lipinski definition) is 0. The van der Waals surface area contributed by atoms with E-state index in [1.54, 1.807) is 20.8 Å². The molecular formula is C11H21NO6S. The van der Waals surface area contributed by atoms with Gasteiger partial charge in [0.25, 0.3) is 0 Å². The monoisotopic (exact) mass is 295 g/mol. The molecule has 0 atom stereocenters. The standard InChI is InChI=1S/C11H21NO6S/c1-10(2,3)18-9(14)12(19(7,15)16)11(4,5)8(13)17-6/h1-7H3. The minimum atomic E-state index is -3.99. The van der Waals surface area contributed by atoms with E-state index >= 15 is 0 Å². The molecule has 0 aliphatic rings. The Labute approximate surface area is 113 Å². The first-order valence-electron chi connectivity index (χ1n) is 5.55. The first kappa shape index (κ1) is 17.7. The average molecular weight is 295 g/mol. The molecule has 19 heavy (non-hydrogen) atoms. The van der Waals surface area contributed by atoms with Crippen molar-refractivity contribution in [3.8, 4) is 0 Å². The molecule has 0 bridgehead atoms. The summed E-state index contributed by atoms with van der Waals surface area (Å²) < 4.78 is 33.4. The lowest BCUT2D eigenvalue weighted by atomic mass is 10.1. The Morgan fingerprint density at radius 2 is 1.47 bits per heavy atom. The fraction of sp³-hybridized carbons (Fsp3) is 0.818. The van der Waals surface area contributed by atoms with Crippen LogP contribution in [0.3, 0.4) is 0 Å². The average Bonchev–Trinajstić information content (AvgIpc) is 2.09. The van der Waals surface area contributed by atoms with Gasteiger partial charge in [-0.25, -0.2) is 18.0 Å². The zero-order valence-electron chi connectivity index (χ0n) is 12.3. The Balaban J connectivity index is 5.62. The van der Waals surface area contributed by atoms with Crippen molar-refractivity contribution in [2.75, 3.05) is 13.4 Å². The topological polar surface area (TPSA) is 90.0 Å². The highest BCUT2D eigenvalue weighted by molar-refractivity contribution is 7.89. The maximum absolute atomic E-state index is 12.0. The smallest absolute Gasteiger partial charge is 0.425 e. The van der Waals surface area contributed by atoms with Crippen LogP contribution in [0.5, 0.6) is 0 Å². The number of hydrogen-bond acceptors (Lipinski definition) is 6. The van der Waals surface area contributed by atoms with Crippen LogP contribution in [0.15, 0.2) is 0 Å². The second-order valence-electron chi connectivity index (χ2n) is 5.56. The summed E-state index contributed by atoms with van der Waals surface area (Å²) >= 11 is 0. The van der Waals surface area contributed by atoms with Crippen molar-refractivity contribution in [3.63, 3.8) is 0 Å². The lowest BCUT2D eigenvalue weighted by Gasteiger charge is -2.34. The number of rotatable bonds is 3. The van der Waals surface area contributed by atoms with Gasteiger partial charge in [0.05, 0.1) is 13.4 Å². The summed E-state index contributed by atoms with van der Waals surface area (Å²) in [5, 5.41) is 0. The Morgan fingerprint density at radius 1 is 1.05 bits per heavy atom. The van der Waals surface area contributed by atoms with E-state index in [9.17, 15) is 18.0 Å². The van der Waals surface area contributed by atoms with Crippen molar-refractivity contribution < 1.29 is 27.5 Å². The molecule has 0 aromatic rings. The van der Waals surface area contributed by atoms with Crippen LogP contribution in [-0.2, 0) is 24.3 Å². The van der Waals surface area contributed by atoms with Crippen LogP contribution >= 0.6 is 0 Å². The van der Waals surface area contributed by atoms with E-state index < -0.39 is 33.2 Å². The minimum Gasteiger partial charge on any atom is -0.467 e. The summed E-state index contributed by atoms with van der Waals surface area (Å²) in [6.07, 6.45) is -0.299. The maximum Gasteiger partial charge on any atom is 0.425 e. The van der Waals surface area contributed by atoms with Gasteiger partial charge in [0.15, 0.2) is 5.54 Å². The molecule has 112 valence electrons. The van der Waals surface area contributed by atoms with Crippen LogP contribution in [0.4, 0.5) is 4.79 Å². The van der Waals surface area contributed by atoms with Gasteiger partial charge in [0, 0.05) is 0 Å². The molecule has 0 saturated carbocycles.